The first-order valence-electron chi connectivity index (χ1n) is 11.6. The number of ether oxygens (including phenoxy) is 1. The average molecular weight is 475 g/mol. The van der Waals surface area contributed by atoms with Crippen LogP contribution in [-0.4, -0.2) is 33.4 Å². The number of aryl methyl sites for hydroxylation is 2. The number of pyridine rings is 1. The van der Waals surface area contributed by atoms with E-state index < -0.39 is 0 Å². The maximum absolute atomic E-state index is 13.2. The third-order valence-electron chi connectivity index (χ3n) is 7.32. The second kappa shape index (κ2) is 7.96. The van der Waals surface area contributed by atoms with Crippen LogP contribution in [-0.2, 0) is 13.1 Å². The molecule has 5 heterocycles. The summed E-state index contributed by atoms with van der Waals surface area (Å²) in [5.74, 6) is 1.47. The third kappa shape index (κ3) is 3.42. The van der Waals surface area contributed by atoms with E-state index in [-0.39, 0.29) is 23.0 Å². The summed E-state index contributed by atoms with van der Waals surface area (Å²) in [6.07, 6.45) is 2.88. The van der Waals surface area contributed by atoms with Crippen LogP contribution < -0.4 is 10.3 Å². The summed E-state index contributed by atoms with van der Waals surface area (Å²) in [7, 11) is 0. The summed E-state index contributed by atoms with van der Waals surface area (Å²) in [6, 6.07) is 9.22. The topological polar surface area (TPSA) is 71.8 Å². The number of carbonyl (C=O) groups is 1. The van der Waals surface area contributed by atoms with E-state index in [1.165, 1.54) is 0 Å². The largest absolute Gasteiger partial charge is 0.507 e. The SMILES string of the molecule is Cc1ccsc1/C=C1\Oc2c(CN3C[C@H]4C[C@@H](C3)c3cccc(=O)n3C4)c(O)cc(C)c2C1=O. The monoisotopic (exact) mass is 474 g/mol. The van der Waals surface area contributed by atoms with Crippen LogP contribution in [0.15, 0.2) is 46.3 Å². The number of hydrogen-bond acceptors (Lipinski definition) is 6. The lowest BCUT2D eigenvalue weighted by Crippen LogP contribution is -2.46. The fourth-order valence-corrected chi connectivity index (χ4v) is 6.58. The Bertz CT molecular complexity index is 1420. The molecule has 6 nitrogen and oxygen atoms in total. The van der Waals surface area contributed by atoms with Gasteiger partial charge in [-0.3, -0.25) is 14.5 Å². The number of allylic oxidation sites excluding steroid dienone is 1. The minimum Gasteiger partial charge on any atom is -0.507 e. The van der Waals surface area contributed by atoms with E-state index in [0.29, 0.717) is 35.1 Å². The summed E-state index contributed by atoms with van der Waals surface area (Å²) in [6.45, 7) is 6.71. The Kier molecular flexibility index (Phi) is 5.00. The molecule has 0 radical (unpaired) electrons. The third-order valence-corrected chi connectivity index (χ3v) is 8.29. The molecule has 2 atom stereocenters. The molecule has 1 saturated heterocycles. The molecule has 2 bridgehead atoms. The van der Waals surface area contributed by atoms with Gasteiger partial charge in [0.15, 0.2) is 5.76 Å². The molecule has 3 aliphatic heterocycles. The van der Waals surface area contributed by atoms with E-state index in [0.717, 1.165) is 47.8 Å². The van der Waals surface area contributed by atoms with Gasteiger partial charge in [0, 0.05) is 54.8 Å². The second-order valence-corrected chi connectivity index (χ2v) is 10.6. The maximum atomic E-state index is 13.2. The van der Waals surface area contributed by atoms with Crippen molar-refractivity contribution in [1.29, 1.82) is 0 Å². The van der Waals surface area contributed by atoms with Gasteiger partial charge in [-0.05, 0) is 60.9 Å². The molecule has 6 rings (SSSR count). The minimum absolute atomic E-state index is 0.0712. The van der Waals surface area contributed by atoms with Gasteiger partial charge in [-0.1, -0.05) is 6.07 Å². The smallest absolute Gasteiger partial charge is 0.250 e. The van der Waals surface area contributed by atoms with Crippen LogP contribution in [0.5, 0.6) is 11.5 Å². The van der Waals surface area contributed by atoms with Crippen molar-refractivity contribution < 1.29 is 14.6 Å². The molecule has 1 aromatic carbocycles. The number of rotatable bonds is 3. The number of nitrogens with zero attached hydrogens (tertiary/aromatic N) is 2. The Morgan fingerprint density at radius 1 is 1.15 bits per heavy atom. The van der Waals surface area contributed by atoms with Crippen molar-refractivity contribution in [3.8, 4) is 11.5 Å². The number of likely N-dealkylation sites (tertiary alicyclic amines) is 1. The predicted octanol–water partition coefficient (Wildman–Crippen LogP) is 4.47. The standard InChI is InChI=1S/C27H26N2O4S/c1-15-6-7-34-23(15)10-22-26(32)25-16(2)8-21(30)19(27(25)33-22)14-28-11-17-9-18(13-28)20-4-3-5-24(31)29(20)12-17/h3-8,10,17-18,30H,9,11-14H2,1-2H3/b22-10-/t17-,18+/m1/s1. The number of aromatic hydroxyl groups is 1. The van der Waals surface area contributed by atoms with Crippen LogP contribution in [0.1, 0.15) is 50.0 Å². The molecular formula is C27H26N2O4S. The van der Waals surface area contributed by atoms with E-state index >= 15 is 0 Å². The molecule has 34 heavy (non-hydrogen) atoms. The number of piperidine rings is 1. The molecule has 0 spiro atoms. The molecule has 0 aliphatic carbocycles. The van der Waals surface area contributed by atoms with Crippen molar-refractivity contribution in [2.24, 2.45) is 5.92 Å². The summed E-state index contributed by atoms with van der Waals surface area (Å²) in [5, 5.41) is 12.9. The zero-order chi connectivity index (χ0) is 23.6. The highest BCUT2D eigenvalue weighted by Crippen LogP contribution is 2.44. The molecule has 3 aliphatic rings. The van der Waals surface area contributed by atoms with Crippen LogP contribution in [0, 0.1) is 19.8 Å². The number of thiophene rings is 1. The van der Waals surface area contributed by atoms with Crippen LogP contribution >= 0.6 is 11.3 Å². The Labute approximate surface area is 201 Å². The van der Waals surface area contributed by atoms with Gasteiger partial charge in [-0.2, -0.15) is 0 Å². The number of phenolic OH excluding ortho intramolecular Hbond substituents is 1. The van der Waals surface area contributed by atoms with Gasteiger partial charge in [-0.25, -0.2) is 0 Å². The first-order valence-corrected chi connectivity index (χ1v) is 12.5. The van der Waals surface area contributed by atoms with Crippen LogP contribution in [0.3, 0.4) is 0 Å². The number of benzene rings is 1. The highest BCUT2D eigenvalue weighted by molar-refractivity contribution is 7.11. The fraction of sp³-hybridized carbons (Fsp3) is 0.333. The van der Waals surface area contributed by atoms with E-state index in [1.54, 1.807) is 23.5 Å². The van der Waals surface area contributed by atoms with Gasteiger partial charge in [0.2, 0.25) is 5.78 Å². The van der Waals surface area contributed by atoms with E-state index in [4.69, 9.17) is 4.74 Å². The fourth-order valence-electron chi connectivity index (χ4n) is 5.73. The first kappa shape index (κ1) is 21.4. The zero-order valence-corrected chi connectivity index (χ0v) is 20.0. The van der Waals surface area contributed by atoms with Gasteiger partial charge in [0.1, 0.15) is 11.5 Å². The number of aromatic nitrogens is 1. The zero-order valence-electron chi connectivity index (χ0n) is 19.2. The van der Waals surface area contributed by atoms with Crippen molar-refractivity contribution in [1.82, 2.24) is 9.47 Å². The number of Topliss-reactive ketones (excluding diaryl/α,β-unsaturated/α-hetero) is 1. The van der Waals surface area contributed by atoms with Crippen LogP contribution in [0.4, 0.5) is 0 Å². The van der Waals surface area contributed by atoms with Crippen LogP contribution in [0.25, 0.3) is 6.08 Å². The van der Waals surface area contributed by atoms with Crippen molar-refractivity contribution in [3.05, 3.63) is 84.6 Å². The van der Waals surface area contributed by atoms with Gasteiger partial charge in [-0.15, -0.1) is 11.3 Å². The van der Waals surface area contributed by atoms with Crippen LogP contribution in [0.2, 0.25) is 0 Å². The van der Waals surface area contributed by atoms with E-state index in [2.05, 4.69) is 11.0 Å². The first-order chi connectivity index (χ1) is 16.4. The van der Waals surface area contributed by atoms with Gasteiger partial charge >= 0.3 is 0 Å². The molecule has 2 aromatic heterocycles. The van der Waals surface area contributed by atoms with Gasteiger partial charge < -0.3 is 14.4 Å². The Balaban J connectivity index is 1.32. The molecule has 1 N–H and O–H groups in total. The average Bonchev–Trinajstić information content (AvgIpc) is 3.35. The highest BCUT2D eigenvalue weighted by atomic mass is 32.1. The normalized spacial score (nSPS) is 22.5. The summed E-state index contributed by atoms with van der Waals surface area (Å²) >= 11 is 1.57. The Morgan fingerprint density at radius 2 is 2.00 bits per heavy atom. The molecule has 174 valence electrons. The highest BCUT2D eigenvalue weighted by Gasteiger charge is 2.37. The summed E-state index contributed by atoms with van der Waals surface area (Å²) in [4.78, 5) is 28.9. The van der Waals surface area contributed by atoms with Crippen molar-refractivity contribution in [2.75, 3.05) is 13.1 Å². The van der Waals surface area contributed by atoms with E-state index in [1.807, 2.05) is 42.0 Å². The Hall–Kier alpha value is -3.16. The van der Waals surface area contributed by atoms with E-state index in [9.17, 15) is 14.7 Å². The number of phenols is 1. The second-order valence-electron chi connectivity index (χ2n) is 9.70. The summed E-state index contributed by atoms with van der Waals surface area (Å²) < 4.78 is 8.05. The van der Waals surface area contributed by atoms with Crippen molar-refractivity contribution in [2.45, 2.75) is 39.3 Å². The predicted molar refractivity (Wildman–Crippen MR) is 132 cm³/mol. The Morgan fingerprint density at radius 3 is 2.79 bits per heavy atom. The molecule has 0 unspecified atom stereocenters. The molecule has 0 amide bonds. The molecule has 3 aromatic rings. The lowest BCUT2D eigenvalue weighted by molar-refractivity contribution is 0.101. The summed E-state index contributed by atoms with van der Waals surface area (Å²) in [5.41, 5.74) is 4.19. The number of fused-ring (bicyclic) bond motifs is 5. The van der Waals surface area contributed by atoms with Gasteiger partial charge in [0.25, 0.3) is 5.56 Å². The number of carbonyl (C=O) groups excluding carboxylic acids is 1. The van der Waals surface area contributed by atoms with Gasteiger partial charge in [0.05, 0.1) is 11.1 Å². The molecular weight excluding hydrogens is 448 g/mol. The number of ketones is 1. The lowest BCUT2D eigenvalue weighted by Gasteiger charge is -2.43. The number of hydrogen-bond donors (Lipinski definition) is 1. The molecule has 0 saturated carbocycles. The lowest BCUT2D eigenvalue weighted by atomic mass is 9.83. The van der Waals surface area contributed by atoms with Crippen molar-refractivity contribution >= 4 is 23.2 Å². The van der Waals surface area contributed by atoms with Crippen molar-refractivity contribution in [3.63, 3.8) is 0 Å². The molecule has 1 fully saturated rings. The quantitative estimate of drug-likeness (QED) is 0.567. The molecule has 7 heteroatoms. The maximum Gasteiger partial charge on any atom is 0.250 e. The minimum atomic E-state index is -0.134.